The van der Waals surface area contributed by atoms with Crippen molar-refractivity contribution in [2.24, 2.45) is 50.7 Å². The van der Waals surface area contributed by atoms with Crippen LogP contribution in [0.15, 0.2) is 42.5 Å². The molecule has 4 saturated carbocycles. The first-order valence-corrected chi connectivity index (χ1v) is 19.8. The number of aromatic carboxylic acids is 1. The molecule has 2 amide bonds. The molecule has 0 heterocycles. The Kier molecular flexibility index (Phi) is 10.2. The van der Waals surface area contributed by atoms with Gasteiger partial charge < -0.3 is 26.0 Å². The van der Waals surface area contributed by atoms with Crippen molar-refractivity contribution >= 4 is 17.8 Å². The molecule has 6 rings (SSSR count). The number of carbonyl (C=O) groups excluding carboxylic acids is 2. The summed E-state index contributed by atoms with van der Waals surface area (Å²) < 4.78 is 0. The van der Waals surface area contributed by atoms with Crippen LogP contribution >= 0.6 is 0 Å². The molecule has 9 atom stereocenters. The van der Waals surface area contributed by atoms with Crippen molar-refractivity contribution in [2.75, 3.05) is 0 Å². The van der Waals surface area contributed by atoms with Gasteiger partial charge in [0.1, 0.15) is 11.3 Å². The number of nitrogens with one attached hydrogen (secondary N) is 2. The van der Waals surface area contributed by atoms with Gasteiger partial charge in [0.25, 0.3) is 5.91 Å². The lowest BCUT2D eigenvalue weighted by molar-refractivity contribution is -0.246. The molecule has 2 aromatic carbocycles. The zero-order valence-corrected chi connectivity index (χ0v) is 32.5. The van der Waals surface area contributed by atoms with Gasteiger partial charge in [-0.05, 0) is 139 Å². The molecule has 8 heteroatoms. The van der Waals surface area contributed by atoms with E-state index in [-0.39, 0.29) is 63.4 Å². The van der Waals surface area contributed by atoms with Crippen molar-refractivity contribution in [2.45, 2.75) is 132 Å². The van der Waals surface area contributed by atoms with E-state index in [4.69, 9.17) is 0 Å². The van der Waals surface area contributed by atoms with Crippen LogP contribution in [0.1, 0.15) is 145 Å². The van der Waals surface area contributed by atoms with Crippen molar-refractivity contribution in [3.63, 3.8) is 0 Å². The van der Waals surface area contributed by atoms with Crippen LogP contribution in [0.25, 0.3) is 0 Å². The van der Waals surface area contributed by atoms with Gasteiger partial charge in [0.05, 0.1) is 11.5 Å². The molecule has 52 heavy (non-hydrogen) atoms. The lowest BCUT2D eigenvalue weighted by atomic mass is 9.32. The van der Waals surface area contributed by atoms with E-state index in [9.17, 15) is 29.7 Å². The summed E-state index contributed by atoms with van der Waals surface area (Å²) in [6.45, 7) is 17.3. The molecule has 284 valence electrons. The van der Waals surface area contributed by atoms with E-state index in [1.165, 1.54) is 31.4 Å². The van der Waals surface area contributed by atoms with Crippen molar-refractivity contribution < 1.29 is 29.7 Å². The van der Waals surface area contributed by atoms with Crippen molar-refractivity contribution in [1.29, 1.82) is 0 Å². The number of hydrogen-bond acceptors (Lipinski definition) is 5. The SMILES string of the molecule is CCCC1(C(=O)NCc2cccc(C(=O)NCc3ccc(O)c(C(=O)O)c3)c2)CC[C@]2(C)C(CCC3C4(C)CCC(O)C(C)(C)C4CCC32C)C1C. The molecular weight excluding hydrogens is 652 g/mol. The highest BCUT2D eigenvalue weighted by atomic mass is 16.4. The van der Waals surface area contributed by atoms with Gasteiger partial charge in [0.2, 0.25) is 5.91 Å². The molecule has 0 spiro atoms. The zero-order valence-electron chi connectivity index (χ0n) is 32.5. The van der Waals surface area contributed by atoms with Gasteiger partial charge in [-0.15, -0.1) is 0 Å². The van der Waals surface area contributed by atoms with Crippen LogP contribution in [-0.2, 0) is 17.9 Å². The van der Waals surface area contributed by atoms with Crippen LogP contribution < -0.4 is 10.6 Å². The van der Waals surface area contributed by atoms with Gasteiger partial charge in [-0.25, -0.2) is 4.79 Å². The standard InChI is InChI=1S/C44H62N2O6/c1-8-18-44(39(52)46-26-28-10-9-11-30(23-28)37(49)45-25-29-12-14-33(47)31(24-29)38(50)51)22-21-42(6)32(27(44)2)13-15-35-41(5)19-17-36(48)40(3,4)34(41)16-20-43(35,42)7/h9-12,14,23-24,27,32,34-36,47-48H,8,13,15-22,25-26H2,1-7H3,(H,45,49)(H,46,52)(H,50,51)/t27?,32?,34?,35?,36?,41?,42-,43?,44?/m1/s1. The van der Waals surface area contributed by atoms with Crippen LogP contribution in [0.2, 0.25) is 0 Å². The van der Waals surface area contributed by atoms with Crippen LogP contribution in [0.5, 0.6) is 5.75 Å². The monoisotopic (exact) mass is 714 g/mol. The molecule has 0 bridgehead atoms. The maximum Gasteiger partial charge on any atom is 0.339 e. The first-order valence-electron chi connectivity index (χ1n) is 19.8. The molecule has 8 nitrogen and oxygen atoms in total. The molecule has 5 N–H and O–H groups in total. The predicted octanol–water partition coefficient (Wildman–Crippen LogP) is 8.49. The van der Waals surface area contributed by atoms with Crippen molar-refractivity contribution in [3.8, 4) is 5.75 Å². The number of carboxylic acids is 1. The highest BCUT2D eigenvalue weighted by Gasteiger charge is 2.69. The number of fused-ring (bicyclic) bond motifs is 5. The smallest absolute Gasteiger partial charge is 0.339 e. The summed E-state index contributed by atoms with van der Waals surface area (Å²) in [5, 5.41) is 36.3. The maximum absolute atomic E-state index is 14.5. The Labute approximate surface area is 310 Å². The number of hydrogen-bond donors (Lipinski definition) is 5. The Hall–Kier alpha value is -3.39. The molecule has 4 aliphatic carbocycles. The molecule has 0 aliphatic heterocycles. The van der Waals surface area contributed by atoms with Crippen LogP contribution in [0, 0.1) is 50.7 Å². The third-order valence-electron chi connectivity index (χ3n) is 16.0. The highest BCUT2D eigenvalue weighted by Crippen LogP contribution is 2.75. The second-order valence-electron chi connectivity index (χ2n) is 18.5. The van der Waals surface area contributed by atoms with Gasteiger partial charge >= 0.3 is 5.97 Å². The first-order chi connectivity index (χ1) is 24.4. The number of aliphatic hydroxyl groups excluding tert-OH is 1. The van der Waals surface area contributed by atoms with E-state index in [1.807, 2.05) is 12.1 Å². The molecule has 8 unspecified atom stereocenters. The van der Waals surface area contributed by atoms with E-state index in [0.29, 0.717) is 35.4 Å². The summed E-state index contributed by atoms with van der Waals surface area (Å²) >= 11 is 0. The number of carbonyl (C=O) groups is 3. The Morgan fingerprint density at radius 3 is 2.23 bits per heavy atom. The summed E-state index contributed by atoms with van der Waals surface area (Å²) in [7, 11) is 0. The largest absolute Gasteiger partial charge is 0.507 e. The molecule has 4 aliphatic rings. The van der Waals surface area contributed by atoms with E-state index < -0.39 is 11.4 Å². The summed E-state index contributed by atoms with van der Waals surface area (Å²) in [5.41, 5.74) is 1.73. The molecular formula is C44H62N2O6. The average molecular weight is 715 g/mol. The number of aromatic hydroxyl groups is 1. The van der Waals surface area contributed by atoms with E-state index in [0.717, 1.165) is 50.5 Å². The van der Waals surface area contributed by atoms with Crippen molar-refractivity contribution in [3.05, 3.63) is 64.7 Å². The Bertz CT molecular complexity index is 1700. The topological polar surface area (TPSA) is 136 Å². The minimum absolute atomic E-state index is 0.0642. The van der Waals surface area contributed by atoms with Gasteiger partial charge in [-0.2, -0.15) is 0 Å². The van der Waals surface area contributed by atoms with Gasteiger partial charge in [-0.3, -0.25) is 9.59 Å². The lowest BCUT2D eigenvalue weighted by Gasteiger charge is -2.72. The van der Waals surface area contributed by atoms with Gasteiger partial charge in [0, 0.05) is 18.7 Å². The molecule has 0 radical (unpaired) electrons. The highest BCUT2D eigenvalue weighted by molar-refractivity contribution is 5.94. The van der Waals surface area contributed by atoms with E-state index >= 15 is 0 Å². The fourth-order valence-corrected chi connectivity index (χ4v) is 12.9. The molecule has 2 aromatic rings. The Morgan fingerprint density at radius 2 is 1.52 bits per heavy atom. The zero-order chi connectivity index (χ0) is 37.9. The Morgan fingerprint density at radius 1 is 0.808 bits per heavy atom. The number of aliphatic hydroxyl groups is 1. The summed E-state index contributed by atoms with van der Waals surface area (Å²) in [4.78, 5) is 39.0. The van der Waals surface area contributed by atoms with Crippen molar-refractivity contribution in [1.82, 2.24) is 10.6 Å². The quantitative estimate of drug-likeness (QED) is 0.177. The second kappa shape index (κ2) is 13.8. The van der Waals surface area contributed by atoms with Crippen LogP contribution in [0.4, 0.5) is 0 Å². The molecule has 0 saturated heterocycles. The predicted molar refractivity (Wildman–Crippen MR) is 203 cm³/mol. The van der Waals surface area contributed by atoms with Crippen LogP contribution in [0.3, 0.4) is 0 Å². The second-order valence-corrected chi connectivity index (χ2v) is 18.5. The van der Waals surface area contributed by atoms with E-state index in [1.54, 1.807) is 18.2 Å². The molecule has 0 aromatic heterocycles. The van der Waals surface area contributed by atoms with Gasteiger partial charge in [0.15, 0.2) is 0 Å². The van der Waals surface area contributed by atoms with Gasteiger partial charge in [-0.1, -0.05) is 73.1 Å². The fourth-order valence-electron chi connectivity index (χ4n) is 12.9. The summed E-state index contributed by atoms with van der Waals surface area (Å²) in [6.07, 6.45) is 10.3. The number of carboxylic acid groups (broad SMARTS) is 1. The number of benzene rings is 2. The first kappa shape index (κ1) is 38.3. The third-order valence-corrected chi connectivity index (χ3v) is 16.0. The minimum atomic E-state index is -1.23. The normalized spacial score (nSPS) is 36.4. The number of amides is 2. The molecule has 4 fully saturated rings. The number of phenols is 1. The summed E-state index contributed by atoms with van der Waals surface area (Å²) in [6, 6.07) is 11.5. The lowest BCUT2D eigenvalue weighted by Crippen LogP contribution is -2.67. The minimum Gasteiger partial charge on any atom is -0.507 e. The van der Waals surface area contributed by atoms with Crippen LogP contribution in [-0.4, -0.2) is 39.2 Å². The summed E-state index contributed by atoms with van der Waals surface area (Å²) in [5.74, 6) is 0.141. The fraction of sp³-hybridized carbons (Fsp3) is 0.659. The third kappa shape index (κ3) is 6.05. The maximum atomic E-state index is 14.5. The Balaban J connectivity index is 1.15. The van der Waals surface area contributed by atoms with E-state index in [2.05, 4.69) is 59.1 Å². The number of rotatable bonds is 9. The average Bonchev–Trinajstić information content (AvgIpc) is 3.10.